The van der Waals surface area contributed by atoms with E-state index in [1.165, 1.54) is 12.0 Å². The molecule has 1 aromatic rings. The Morgan fingerprint density at radius 2 is 2.24 bits per heavy atom. The fourth-order valence-corrected chi connectivity index (χ4v) is 2.66. The van der Waals surface area contributed by atoms with Crippen LogP contribution in [0.2, 0.25) is 5.02 Å². The standard InChI is InChI=1S/C17H26ClNO2/c1-13(2)10-19-11-14-6-7-17(16(18)9-14)21-12-15-5-3-4-8-20-15/h6-7,9,13,15,19H,3-5,8,10-12H2,1-2H3. The van der Waals surface area contributed by atoms with Crippen LogP contribution < -0.4 is 10.1 Å². The van der Waals surface area contributed by atoms with Crippen LogP contribution in [0, 0.1) is 5.92 Å². The van der Waals surface area contributed by atoms with E-state index in [0.717, 1.165) is 38.3 Å². The predicted octanol–water partition coefficient (Wildman–Crippen LogP) is 4.03. The van der Waals surface area contributed by atoms with Crippen molar-refractivity contribution in [2.75, 3.05) is 19.8 Å². The van der Waals surface area contributed by atoms with Crippen molar-refractivity contribution in [3.8, 4) is 5.75 Å². The molecule has 118 valence electrons. The minimum atomic E-state index is 0.210. The number of benzene rings is 1. The van der Waals surface area contributed by atoms with Crippen LogP contribution in [0.3, 0.4) is 0 Å². The smallest absolute Gasteiger partial charge is 0.138 e. The van der Waals surface area contributed by atoms with Gasteiger partial charge in [0.25, 0.3) is 0 Å². The Hall–Kier alpha value is -0.770. The fraction of sp³-hybridized carbons (Fsp3) is 0.647. The highest BCUT2D eigenvalue weighted by atomic mass is 35.5. The van der Waals surface area contributed by atoms with E-state index in [1.54, 1.807) is 0 Å². The highest BCUT2D eigenvalue weighted by Crippen LogP contribution is 2.26. The molecule has 1 unspecified atom stereocenters. The topological polar surface area (TPSA) is 30.5 Å². The van der Waals surface area contributed by atoms with Crippen molar-refractivity contribution in [1.82, 2.24) is 5.32 Å². The summed E-state index contributed by atoms with van der Waals surface area (Å²) >= 11 is 6.29. The van der Waals surface area contributed by atoms with Crippen LogP contribution in [0.15, 0.2) is 18.2 Å². The zero-order chi connectivity index (χ0) is 15.1. The predicted molar refractivity (Wildman–Crippen MR) is 87.1 cm³/mol. The summed E-state index contributed by atoms with van der Waals surface area (Å²) < 4.78 is 11.5. The van der Waals surface area contributed by atoms with E-state index in [0.29, 0.717) is 17.5 Å². The van der Waals surface area contributed by atoms with Crippen molar-refractivity contribution in [2.24, 2.45) is 5.92 Å². The van der Waals surface area contributed by atoms with Gasteiger partial charge in [0.05, 0.1) is 11.1 Å². The third-order valence-corrected chi connectivity index (χ3v) is 3.87. The van der Waals surface area contributed by atoms with E-state index in [4.69, 9.17) is 21.1 Å². The Balaban J connectivity index is 1.80. The van der Waals surface area contributed by atoms with E-state index in [-0.39, 0.29) is 6.10 Å². The van der Waals surface area contributed by atoms with E-state index < -0.39 is 0 Å². The van der Waals surface area contributed by atoms with Crippen LogP contribution in [-0.4, -0.2) is 25.9 Å². The van der Waals surface area contributed by atoms with Gasteiger partial charge >= 0.3 is 0 Å². The second kappa shape index (κ2) is 8.62. The van der Waals surface area contributed by atoms with Gasteiger partial charge in [-0.15, -0.1) is 0 Å². The van der Waals surface area contributed by atoms with E-state index in [1.807, 2.05) is 12.1 Å². The molecule has 1 aliphatic rings. The van der Waals surface area contributed by atoms with E-state index in [9.17, 15) is 0 Å². The average Bonchev–Trinajstić information content (AvgIpc) is 2.47. The number of nitrogens with one attached hydrogen (secondary N) is 1. The van der Waals surface area contributed by atoms with Crippen molar-refractivity contribution in [1.29, 1.82) is 0 Å². The SMILES string of the molecule is CC(C)CNCc1ccc(OCC2CCCCO2)c(Cl)c1. The molecule has 1 saturated heterocycles. The van der Waals surface area contributed by atoms with Gasteiger partial charge in [0.1, 0.15) is 12.4 Å². The summed E-state index contributed by atoms with van der Waals surface area (Å²) in [6.07, 6.45) is 3.68. The Morgan fingerprint density at radius 3 is 2.90 bits per heavy atom. The van der Waals surface area contributed by atoms with Crippen molar-refractivity contribution in [3.05, 3.63) is 28.8 Å². The molecule has 3 nitrogen and oxygen atoms in total. The van der Waals surface area contributed by atoms with E-state index in [2.05, 4.69) is 25.2 Å². The first-order valence-electron chi connectivity index (χ1n) is 7.88. The molecule has 0 radical (unpaired) electrons. The molecule has 1 aromatic carbocycles. The van der Waals surface area contributed by atoms with Crippen molar-refractivity contribution in [2.45, 2.75) is 45.8 Å². The first kappa shape index (κ1) is 16.6. The quantitative estimate of drug-likeness (QED) is 0.824. The minimum absolute atomic E-state index is 0.210. The van der Waals surface area contributed by atoms with Gasteiger partial charge in [-0.25, -0.2) is 0 Å². The highest BCUT2D eigenvalue weighted by molar-refractivity contribution is 6.32. The molecule has 1 N–H and O–H groups in total. The van der Waals surface area contributed by atoms with Crippen LogP contribution >= 0.6 is 11.6 Å². The Morgan fingerprint density at radius 1 is 1.38 bits per heavy atom. The second-order valence-corrected chi connectivity index (χ2v) is 6.50. The Bertz CT molecular complexity index is 431. The van der Waals surface area contributed by atoms with Gasteiger partial charge in [0.15, 0.2) is 0 Å². The second-order valence-electron chi connectivity index (χ2n) is 6.09. The van der Waals surface area contributed by atoms with Crippen LogP contribution in [0.1, 0.15) is 38.7 Å². The molecule has 4 heteroatoms. The molecular formula is C17H26ClNO2. The number of hydrogen-bond donors (Lipinski definition) is 1. The summed E-state index contributed by atoms with van der Waals surface area (Å²) in [7, 11) is 0. The average molecular weight is 312 g/mol. The van der Waals surface area contributed by atoms with Crippen LogP contribution in [0.25, 0.3) is 0 Å². The molecule has 0 spiro atoms. The Kier molecular flexibility index (Phi) is 6.81. The van der Waals surface area contributed by atoms with Crippen molar-refractivity contribution >= 4 is 11.6 Å². The largest absolute Gasteiger partial charge is 0.489 e. The van der Waals surface area contributed by atoms with Crippen molar-refractivity contribution in [3.63, 3.8) is 0 Å². The number of rotatable bonds is 7. The first-order chi connectivity index (χ1) is 10.1. The molecule has 1 atom stereocenters. The number of ether oxygens (including phenoxy) is 2. The van der Waals surface area contributed by atoms with Crippen LogP contribution in [-0.2, 0) is 11.3 Å². The Labute approximate surface area is 133 Å². The maximum Gasteiger partial charge on any atom is 0.138 e. The zero-order valence-electron chi connectivity index (χ0n) is 13.0. The summed E-state index contributed by atoms with van der Waals surface area (Å²) in [5.41, 5.74) is 1.18. The third-order valence-electron chi connectivity index (χ3n) is 3.58. The molecule has 1 heterocycles. The minimum Gasteiger partial charge on any atom is -0.489 e. The monoisotopic (exact) mass is 311 g/mol. The summed E-state index contributed by atoms with van der Waals surface area (Å²) in [6.45, 7) is 7.68. The normalized spacial score (nSPS) is 19.0. The lowest BCUT2D eigenvalue weighted by molar-refractivity contribution is -0.0110. The molecule has 0 aliphatic carbocycles. The summed E-state index contributed by atoms with van der Waals surface area (Å²) in [5, 5.41) is 4.09. The molecule has 21 heavy (non-hydrogen) atoms. The van der Waals surface area contributed by atoms with Gasteiger partial charge in [-0.1, -0.05) is 31.5 Å². The number of halogens is 1. The van der Waals surface area contributed by atoms with Crippen LogP contribution in [0.5, 0.6) is 5.75 Å². The molecule has 1 fully saturated rings. The molecular weight excluding hydrogens is 286 g/mol. The zero-order valence-corrected chi connectivity index (χ0v) is 13.8. The molecule has 1 aliphatic heterocycles. The lowest BCUT2D eigenvalue weighted by Crippen LogP contribution is -2.25. The van der Waals surface area contributed by atoms with Crippen molar-refractivity contribution < 1.29 is 9.47 Å². The van der Waals surface area contributed by atoms with Gasteiger partial charge in [-0.05, 0) is 49.4 Å². The maximum atomic E-state index is 6.29. The van der Waals surface area contributed by atoms with Crippen LogP contribution in [0.4, 0.5) is 0 Å². The van der Waals surface area contributed by atoms with E-state index >= 15 is 0 Å². The van der Waals surface area contributed by atoms with Gasteiger partial charge in [0, 0.05) is 13.2 Å². The first-order valence-corrected chi connectivity index (χ1v) is 8.26. The summed E-state index contributed by atoms with van der Waals surface area (Å²) in [4.78, 5) is 0. The van der Waals surface area contributed by atoms with Gasteiger partial charge in [-0.3, -0.25) is 0 Å². The lowest BCUT2D eigenvalue weighted by Gasteiger charge is -2.22. The summed E-state index contributed by atoms with van der Waals surface area (Å²) in [5.74, 6) is 1.40. The third kappa shape index (κ3) is 5.85. The highest BCUT2D eigenvalue weighted by Gasteiger charge is 2.15. The summed E-state index contributed by atoms with van der Waals surface area (Å²) in [6, 6.07) is 6.00. The van der Waals surface area contributed by atoms with Gasteiger partial charge in [0.2, 0.25) is 0 Å². The lowest BCUT2D eigenvalue weighted by atomic mass is 10.1. The van der Waals surface area contributed by atoms with Gasteiger partial charge in [-0.2, -0.15) is 0 Å². The maximum absolute atomic E-state index is 6.29. The van der Waals surface area contributed by atoms with Gasteiger partial charge < -0.3 is 14.8 Å². The number of hydrogen-bond acceptors (Lipinski definition) is 3. The molecule has 2 rings (SSSR count). The molecule has 0 bridgehead atoms. The molecule has 0 saturated carbocycles. The molecule has 0 amide bonds. The fourth-order valence-electron chi connectivity index (χ4n) is 2.40. The molecule has 0 aromatic heterocycles.